The van der Waals surface area contributed by atoms with Gasteiger partial charge in [0, 0.05) is 27.0 Å². The molecule has 9 aromatic rings. The first-order valence-electron chi connectivity index (χ1n) is 16.6. The number of benzene rings is 7. The highest BCUT2D eigenvalue weighted by Crippen LogP contribution is 2.53. The molecule has 0 bridgehead atoms. The number of rotatable bonds is 2. The van der Waals surface area contributed by atoms with Crippen molar-refractivity contribution in [1.82, 2.24) is 9.13 Å². The highest BCUT2D eigenvalue weighted by Gasteiger charge is 2.38. The molecule has 0 spiro atoms. The Balaban J connectivity index is 1.32. The van der Waals surface area contributed by atoms with E-state index in [-0.39, 0.29) is 5.41 Å². The lowest BCUT2D eigenvalue weighted by molar-refractivity contribution is 0.664. The molecule has 10 rings (SSSR count). The van der Waals surface area contributed by atoms with Gasteiger partial charge in [0.1, 0.15) is 12.1 Å². The molecule has 0 saturated carbocycles. The topological polar surface area (TPSA) is 57.4 Å². The summed E-state index contributed by atoms with van der Waals surface area (Å²) in [7, 11) is 0. The quantitative estimate of drug-likeness (QED) is 0.192. The molecule has 228 valence electrons. The van der Waals surface area contributed by atoms with Crippen LogP contribution < -0.4 is 0 Å². The van der Waals surface area contributed by atoms with Crippen molar-refractivity contribution in [3.63, 3.8) is 0 Å². The molecule has 0 aliphatic heterocycles. The highest BCUT2D eigenvalue weighted by molar-refractivity contribution is 6.21. The summed E-state index contributed by atoms with van der Waals surface area (Å²) in [5, 5.41) is 28.6. The number of nitrogens with zero attached hydrogens (tertiary/aromatic N) is 4. The molecular formula is C45H28N4. The fourth-order valence-corrected chi connectivity index (χ4v) is 8.69. The minimum Gasteiger partial charge on any atom is -0.308 e. The van der Waals surface area contributed by atoms with Crippen molar-refractivity contribution in [3.8, 4) is 34.6 Å². The Morgan fingerprint density at radius 1 is 0.510 bits per heavy atom. The van der Waals surface area contributed by atoms with Gasteiger partial charge in [-0.1, -0.05) is 117 Å². The maximum Gasteiger partial charge on any atom is 0.101 e. The summed E-state index contributed by atoms with van der Waals surface area (Å²) in [6, 6.07) is 51.5. The SMILES string of the molecule is CC1(C)c2ccccc2-c2ccc3c4ccccc4n(-c4cc(C#N)c(-n5c6ccccc6c6c7ccccc7ccc65)cc4C#N)c3c21. The Labute approximate surface area is 282 Å². The lowest BCUT2D eigenvalue weighted by Gasteiger charge is -2.24. The zero-order valence-corrected chi connectivity index (χ0v) is 27.0. The summed E-state index contributed by atoms with van der Waals surface area (Å²) >= 11 is 0. The van der Waals surface area contributed by atoms with E-state index in [2.05, 4.69) is 144 Å². The third-order valence-electron chi connectivity index (χ3n) is 10.8. The van der Waals surface area contributed by atoms with Crippen LogP contribution in [0.4, 0.5) is 0 Å². The molecule has 4 heteroatoms. The largest absolute Gasteiger partial charge is 0.308 e. The number of para-hydroxylation sites is 2. The van der Waals surface area contributed by atoms with Crippen LogP contribution >= 0.6 is 0 Å². The molecule has 2 aromatic heterocycles. The Hall–Kier alpha value is -6.62. The molecule has 0 fully saturated rings. The van der Waals surface area contributed by atoms with Crippen LogP contribution in [0.5, 0.6) is 0 Å². The van der Waals surface area contributed by atoms with Gasteiger partial charge in [0.05, 0.1) is 44.6 Å². The lowest BCUT2D eigenvalue weighted by atomic mass is 9.81. The summed E-state index contributed by atoms with van der Waals surface area (Å²) in [4.78, 5) is 0. The van der Waals surface area contributed by atoms with Gasteiger partial charge >= 0.3 is 0 Å². The van der Waals surface area contributed by atoms with Crippen LogP contribution in [0.1, 0.15) is 36.1 Å². The van der Waals surface area contributed by atoms with E-state index in [1.54, 1.807) is 0 Å². The Bertz CT molecular complexity index is 2990. The van der Waals surface area contributed by atoms with Crippen LogP contribution in [0, 0.1) is 22.7 Å². The van der Waals surface area contributed by atoms with Crippen LogP contribution in [0.25, 0.3) is 76.9 Å². The minimum atomic E-state index is -0.270. The van der Waals surface area contributed by atoms with Gasteiger partial charge in [0.15, 0.2) is 0 Å². The average molecular weight is 625 g/mol. The summed E-state index contributed by atoms with van der Waals surface area (Å²) < 4.78 is 4.39. The first-order valence-corrected chi connectivity index (χ1v) is 16.6. The predicted octanol–water partition coefficient (Wildman–Crippen LogP) is 11.1. The molecule has 0 saturated heterocycles. The fraction of sp³-hybridized carbons (Fsp3) is 0.0667. The molecular weight excluding hydrogens is 597 g/mol. The lowest BCUT2D eigenvalue weighted by Crippen LogP contribution is -2.16. The van der Waals surface area contributed by atoms with E-state index in [4.69, 9.17) is 0 Å². The first kappa shape index (κ1) is 27.5. The number of nitriles is 2. The monoisotopic (exact) mass is 624 g/mol. The molecule has 2 heterocycles. The Morgan fingerprint density at radius 2 is 1.12 bits per heavy atom. The van der Waals surface area contributed by atoms with Gasteiger partial charge in [-0.2, -0.15) is 10.5 Å². The predicted molar refractivity (Wildman–Crippen MR) is 200 cm³/mol. The summed E-state index contributed by atoms with van der Waals surface area (Å²) in [6.07, 6.45) is 0. The zero-order chi connectivity index (χ0) is 33.0. The van der Waals surface area contributed by atoms with E-state index in [1.165, 1.54) is 22.3 Å². The van der Waals surface area contributed by atoms with Gasteiger partial charge in [-0.15, -0.1) is 0 Å². The van der Waals surface area contributed by atoms with Crippen molar-refractivity contribution in [1.29, 1.82) is 10.5 Å². The van der Waals surface area contributed by atoms with Gasteiger partial charge in [-0.25, -0.2) is 0 Å². The Kier molecular flexibility index (Phi) is 5.44. The van der Waals surface area contributed by atoms with Crippen molar-refractivity contribution < 1.29 is 0 Å². The van der Waals surface area contributed by atoms with E-state index >= 15 is 0 Å². The van der Waals surface area contributed by atoms with Crippen molar-refractivity contribution in [2.24, 2.45) is 0 Å². The van der Waals surface area contributed by atoms with Gasteiger partial charge < -0.3 is 9.13 Å². The van der Waals surface area contributed by atoms with Crippen LogP contribution in [0.3, 0.4) is 0 Å². The fourth-order valence-electron chi connectivity index (χ4n) is 8.69. The van der Waals surface area contributed by atoms with E-state index in [0.29, 0.717) is 22.5 Å². The molecule has 0 amide bonds. The average Bonchev–Trinajstić information content (AvgIpc) is 3.74. The number of hydrogen-bond acceptors (Lipinski definition) is 2. The van der Waals surface area contributed by atoms with Crippen molar-refractivity contribution in [2.45, 2.75) is 19.3 Å². The molecule has 0 atom stereocenters. The normalized spacial score (nSPS) is 13.2. The van der Waals surface area contributed by atoms with Gasteiger partial charge in [-0.3, -0.25) is 0 Å². The zero-order valence-electron chi connectivity index (χ0n) is 27.0. The number of aromatic nitrogens is 2. The summed E-state index contributed by atoms with van der Waals surface area (Å²) in [6.45, 7) is 4.58. The van der Waals surface area contributed by atoms with Crippen molar-refractivity contribution in [2.75, 3.05) is 0 Å². The number of hydrogen-bond donors (Lipinski definition) is 0. The van der Waals surface area contributed by atoms with Crippen LogP contribution in [-0.2, 0) is 5.41 Å². The molecule has 0 radical (unpaired) electrons. The smallest absolute Gasteiger partial charge is 0.101 e. The first-order chi connectivity index (χ1) is 24.0. The molecule has 4 nitrogen and oxygen atoms in total. The van der Waals surface area contributed by atoms with Crippen LogP contribution in [0.15, 0.2) is 133 Å². The van der Waals surface area contributed by atoms with E-state index in [0.717, 1.165) is 54.4 Å². The van der Waals surface area contributed by atoms with Gasteiger partial charge in [0.2, 0.25) is 0 Å². The maximum atomic E-state index is 10.9. The van der Waals surface area contributed by atoms with Crippen LogP contribution in [0.2, 0.25) is 0 Å². The molecule has 1 aliphatic carbocycles. The summed E-state index contributed by atoms with van der Waals surface area (Å²) in [5.41, 5.74) is 11.2. The molecule has 0 unspecified atom stereocenters. The standard InChI is InChI=1S/C45H28N4/c1-45(2)36-16-8-5-13-31(36)33-20-21-34-32-14-6-9-17-37(32)49(44(34)43(33)45)41-24-28(25-46)40(23-29(41)26-47)48-38-18-10-7-15-35(38)42-30-12-4-3-11-27(30)19-22-39(42)48/h3-24H,1-2H3. The maximum absolute atomic E-state index is 10.9. The van der Waals surface area contributed by atoms with Gasteiger partial charge in [-0.05, 0) is 63.4 Å². The molecule has 7 aromatic carbocycles. The van der Waals surface area contributed by atoms with Gasteiger partial charge in [0.25, 0.3) is 0 Å². The third kappa shape index (κ3) is 3.50. The Morgan fingerprint density at radius 3 is 1.88 bits per heavy atom. The van der Waals surface area contributed by atoms with E-state index < -0.39 is 0 Å². The highest BCUT2D eigenvalue weighted by atomic mass is 15.0. The van der Waals surface area contributed by atoms with Crippen molar-refractivity contribution in [3.05, 3.63) is 156 Å². The van der Waals surface area contributed by atoms with E-state index in [9.17, 15) is 10.5 Å². The molecule has 0 N–H and O–H groups in total. The van der Waals surface area contributed by atoms with Crippen LogP contribution in [-0.4, -0.2) is 9.13 Å². The second kappa shape index (κ2) is 9.71. The van der Waals surface area contributed by atoms with E-state index in [1.807, 2.05) is 24.3 Å². The molecule has 1 aliphatic rings. The third-order valence-corrected chi connectivity index (χ3v) is 10.8. The second-order valence-electron chi connectivity index (χ2n) is 13.6. The molecule has 49 heavy (non-hydrogen) atoms. The minimum absolute atomic E-state index is 0.270. The summed E-state index contributed by atoms with van der Waals surface area (Å²) in [5.74, 6) is 0. The van der Waals surface area contributed by atoms with Crippen molar-refractivity contribution >= 4 is 54.4 Å². The second-order valence-corrected chi connectivity index (χ2v) is 13.6. The number of fused-ring (bicyclic) bond motifs is 12.